The van der Waals surface area contributed by atoms with Crippen molar-refractivity contribution in [2.24, 2.45) is 0 Å². The van der Waals surface area contributed by atoms with Crippen molar-refractivity contribution in [1.82, 2.24) is 0 Å². The maximum absolute atomic E-state index is 10.1. The molecule has 0 atom stereocenters. The van der Waals surface area contributed by atoms with Gasteiger partial charge in [-0.15, -0.1) is 0 Å². The van der Waals surface area contributed by atoms with Gasteiger partial charge < -0.3 is 9.47 Å². The number of carbonyl (C=O) groups excluding carboxylic acids is 1. The molecule has 0 rings (SSSR count). The number of hydrogen-bond donors (Lipinski definition) is 0. The van der Waals surface area contributed by atoms with E-state index >= 15 is 0 Å². The fourth-order valence-electron chi connectivity index (χ4n) is 0.177. The Morgan fingerprint density at radius 1 is 1.50 bits per heavy atom. The Bertz CT molecular complexity index is 60.7. The molecule has 0 radical (unpaired) electrons. The third-order valence-corrected chi connectivity index (χ3v) is 0.490. The van der Waals surface area contributed by atoms with Crippen LogP contribution in [0.3, 0.4) is 0 Å². The van der Waals surface area contributed by atoms with Gasteiger partial charge in [0.1, 0.15) is 6.61 Å². The first kappa shape index (κ1) is 10.4. The van der Waals surface area contributed by atoms with Crippen molar-refractivity contribution in [2.75, 3.05) is 20.8 Å². The Hall–Kier alpha value is -0.570. The van der Waals surface area contributed by atoms with E-state index < -0.39 is 0 Å². The Kier molecular flexibility index (Phi) is 8.37. The van der Waals surface area contributed by atoms with Crippen LogP contribution in [0.4, 0.5) is 0 Å². The Morgan fingerprint density at radius 2 is 2.00 bits per heavy atom. The predicted molar refractivity (Wildman–Crippen MR) is 30.6 cm³/mol. The van der Waals surface area contributed by atoms with E-state index in [1.54, 1.807) is 0 Å². The average Bonchev–Trinajstić information content (AvgIpc) is 1.68. The van der Waals surface area contributed by atoms with Crippen molar-refractivity contribution in [3.8, 4) is 0 Å². The fourth-order valence-corrected chi connectivity index (χ4v) is 0.177. The summed E-state index contributed by atoms with van der Waals surface area (Å²) in [5.41, 5.74) is 0. The van der Waals surface area contributed by atoms with Crippen molar-refractivity contribution >= 4 is 5.97 Å². The van der Waals surface area contributed by atoms with E-state index in [4.69, 9.17) is 0 Å². The summed E-state index contributed by atoms with van der Waals surface area (Å²) < 4.78 is 8.65. The molecule has 8 heavy (non-hydrogen) atoms. The zero-order valence-electron chi connectivity index (χ0n) is 4.43. The molecule has 0 saturated carbocycles. The quantitative estimate of drug-likeness (QED) is 0.496. The smallest absolute Gasteiger partial charge is 0.331 e. The van der Waals surface area contributed by atoms with E-state index in [1.807, 2.05) is 0 Å². The fraction of sp³-hybridized carbons (Fsp3) is 0.800. The summed E-state index contributed by atoms with van der Waals surface area (Å²) in [5, 5.41) is 0. The highest BCUT2D eigenvalue weighted by molar-refractivity contribution is 5.70. The van der Waals surface area contributed by atoms with Gasteiger partial charge in [-0.05, 0) is 0 Å². The molecule has 0 aliphatic rings. The van der Waals surface area contributed by atoms with Crippen LogP contribution in [0.5, 0.6) is 0 Å². The van der Waals surface area contributed by atoms with Crippen molar-refractivity contribution in [1.29, 1.82) is 0 Å². The third kappa shape index (κ3) is 5.43. The van der Waals surface area contributed by atoms with E-state index in [9.17, 15) is 4.79 Å². The Morgan fingerprint density at radius 3 is 2.12 bits per heavy atom. The van der Waals surface area contributed by atoms with E-state index in [-0.39, 0.29) is 20.0 Å². The summed E-state index contributed by atoms with van der Waals surface area (Å²) in [7, 11) is 2.76. The Labute approximate surface area is 49.6 Å². The van der Waals surface area contributed by atoms with Gasteiger partial charge >= 0.3 is 5.97 Å². The van der Waals surface area contributed by atoms with Crippen LogP contribution in [0.15, 0.2) is 0 Å². The summed E-state index contributed by atoms with van der Waals surface area (Å²) in [6, 6.07) is 0. The first-order chi connectivity index (χ1) is 3.31. The van der Waals surface area contributed by atoms with Gasteiger partial charge in [0, 0.05) is 7.11 Å². The number of carbonyl (C=O) groups is 1. The van der Waals surface area contributed by atoms with Crippen LogP contribution >= 0.6 is 0 Å². The van der Waals surface area contributed by atoms with Crippen molar-refractivity contribution in [2.45, 2.75) is 7.43 Å². The number of methoxy groups -OCH3 is 2. The molecule has 0 aromatic rings. The molecule has 0 saturated heterocycles. The van der Waals surface area contributed by atoms with E-state index in [0.29, 0.717) is 0 Å². The van der Waals surface area contributed by atoms with Crippen molar-refractivity contribution in [3.05, 3.63) is 0 Å². The molecule has 0 heterocycles. The summed E-state index contributed by atoms with van der Waals surface area (Å²) in [4.78, 5) is 10.1. The van der Waals surface area contributed by atoms with Gasteiger partial charge in [0.25, 0.3) is 0 Å². The van der Waals surface area contributed by atoms with Gasteiger partial charge in [0.15, 0.2) is 0 Å². The molecular weight excluding hydrogens is 108 g/mol. The lowest BCUT2D eigenvalue weighted by molar-refractivity contribution is -0.144. The van der Waals surface area contributed by atoms with Crippen LogP contribution < -0.4 is 0 Å². The third-order valence-electron chi connectivity index (χ3n) is 0.490. The van der Waals surface area contributed by atoms with Crippen LogP contribution in [0, 0.1) is 0 Å². The standard InChI is InChI=1S/C4H8O3.CH4/c1-6-3-4(5)7-2;/h3H2,1-2H3;1H4. The molecule has 0 spiro atoms. The SMILES string of the molecule is C.COCC(=O)OC. The first-order valence-electron chi connectivity index (χ1n) is 1.87. The van der Waals surface area contributed by atoms with Gasteiger partial charge in [-0.1, -0.05) is 7.43 Å². The highest BCUT2D eigenvalue weighted by Gasteiger charge is 1.93. The topological polar surface area (TPSA) is 35.5 Å². The lowest BCUT2D eigenvalue weighted by Crippen LogP contribution is -2.07. The minimum atomic E-state index is -0.345. The average molecular weight is 120 g/mol. The molecule has 0 unspecified atom stereocenters. The van der Waals surface area contributed by atoms with Crippen LogP contribution in [-0.2, 0) is 14.3 Å². The molecule has 3 nitrogen and oxygen atoms in total. The summed E-state index contributed by atoms with van der Waals surface area (Å²) in [5.74, 6) is -0.345. The molecule has 0 fully saturated rings. The van der Waals surface area contributed by atoms with Gasteiger partial charge in [-0.25, -0.2) is 4.79 Å². The van der Waals surface area contributed by atoms with Crippen LogP contribution in [0.25, 0.3) is 0 Å². The molecule has 0 aliphatic heterocycles. The summed E-state index contributed by atoms with van der Waals surface area (Å²) in [6.45, 7) is 0.0382. The Balaban J connectivity index is 0. The van der Waals surface area contributed by atoms with Crippen LogP contribution in [0.1, 0.15) is 7.43 Å². The zero-order valence-corrected chi connectivity index (χ0v) is 4.43. The number of hydrogen-bond acceptors (Lipinski definition) is 3. The minimum absolute atomic E-state index is 0. The van der Waals surface area contributed by atoms with Gasteiger partial charge in [-0.2, -0.15) is 0 Å². The van der Waals surface area contributed by atoms with Gasteiger partial charge in [-0.3, -0.25) is 0 Å². The molecule has 0 aromatic carbocycles. The number of rotatable bonds is 2. The second kappa shape index (κ2) is 6.43. The largest absolute Gasteiger partial charge is 0.467 e. The molecule has 0 amide bonds. The minimum Gasteiger partial charge on any atom is -0.467 e. The second-order valence-corrected chi connectivity index (χ2v) is 1.01. The molecule has 50 valence electrons. The monoisotopic (exact) mass is 120 g/mol. The highest BCUT2D eigenvalue weighted by Crippen LogP contribution is 1.70. The molecule has 0 aromatic heterocycles. The molecule has 0 N–H and O–H groups in total. The van der Waals surface area contributed by atoms with E-state index in [0.717, 1.165) is 0 Å². The molecule has 3 heteroatoms. The van der Waals surface area contributed by atoms with Crippen LogP contribution in [0.2, 0.25) is 0 Å². The van der Waals surface area contributed by atoms with Gasteiger partial charge in [0.2, 0.25) is 0 Å². The normalized spacial score (nSPS) is 7.25. The van der Waals surface area contributed by atoms with Crippen molar-refractivity contribution < 1.29 is 14.3 Å². The maximum atomic E-state index is 10.1. The number of esters is 1. The van der Waals surface area contributed by atoms with Gasteiger partial charge in [0.05, 0.1) is 7.11 Å². The van der Waals surface area contributed by atoms with Crippen LogP contribution in [-0.4, -0.2) is 26.8 Å². The number of ether oxygens (including phenoxy) is 2. The lowest BCUT2D eigenvalue weighted by atomic mass is 10.7. The first-order valence-corrected chi connectivity index (χ1v) is 1.87. The van der Waals surface area contributed by atoms with E-state index in [2.05, 4.69) is 9.47 Å². The molecule has 0 aliphatic carbocycles. The predicted octanol–water partition coefficient (Wildman–Crippen LogP) is 0.442. The van der Waals surface area contributed by atoms with Crippen molar-refractivity contribution in [3.63, 3.8) is 0 Å². The highest BCUT2D eigenvalue weighted by atomic mass is 16.6. The zero-order chi connectivity index (χ0) is 5.70. The summed E-state index contributed by atoms with van der Waals surface area (Å²) >= 11 is 0. The van der Waals surface area contributed by atoms with E-state index in [1.165, 1.54) is 14.2 Å². The lowest BCUT2D eigenvalue weighted by Gasteiger charge is -1.92. The summed E-state index contributed by atoms with van der Waals surface area (Å²) in [6.07, 6.45) is 0. The second-order valence-electron chi connectivity index (χ2n) is 1.01. The molecule has 0 bridgehead atoms. The maximum Gasteiger partial charge on any atom is 0.331 e. The molecular formula is C5H12O3.